The summed E-state index contributed by atoms with van der Waals surface area (Å²) in [6.07, 6.45) is 10.4. The second kappa shape index (κ2) is 27.1. The predicted molar refractivity (Wildman–Crippen MR) is 283 cm³/mol. The van der Waals surface area contributed by atoms with Crippen molar-refractivity contribution in [1.82, 2.24) is 14.7 Å². The molecule has 3 aromatic carbocycles. The molecule has 4 aliphatic rings. The molecule has 18 heteroatoms. The number of hydrogen-bond donors (Lipinski definition) is 0. The number of carbonyl (C=O) groups excluding carboxylic acids is 4. The number of hydrogen-bond acceptors (Lipinski definition) is 15. The van der Waals surface area contributed by atoms with Gasteiger partial charge in [-0.25, -0.2) is 0 Å². The standard InChI is InChI=1S/C56H72N6O12/c1-8-39-24-44-32-57-48-30-52(50(68-6)28-46(48)55(65)61(44)34-39)73-36-41-23-42(37-74-53-31-49-47(29-51(53)69-7)56(66)62-35-40(9-2)25-45(62)33-58-49)27-43(26-41)59(4)14-15-60(13-10-11-38(3)63)54(64)12-16-70-19-20-72-22-21-71-18-17-67-5/h8-9,23,26-33,44-45H,10-22,24-25,34-37H2,1-7H3/b39-8+,40-9+/t44-,45-/m0/s1. The SMILES string of the molecule is C/C=C1\C[C@H]2C=Nc3cc(OCc4cc(COc5cc6c(cc5OC)C(=O)N5C/C(=C/C)C[C@H]5C=N6)cc(N(C)CCN(CCCC(C)=O)C(=O)CCOCCOCCOCCOC)c4)c(OC)cc3C(=O)N2C1. The molecule has 3 amide bonds. The highest BCUT2D eigenvalue weighted by Gasteiger charge is 2.36. The minimum Gasteiger partial charge on any atom is -0.493 e. The Labute approximate surface area is 434 Å². The van der Waals surface area contributed by atoms with Crippen molar-refractivity contribution < 1.29 is 57.1 Å². The number of Topliss-reactive ketones (excluding diaryl/α,β-unsaturated/α-hetero) is 1. The molecule has 18 nitrogen and oxygen atoms in total. The first-order valence-electron chi connectivity index (χ1n) is 25.4. The van der Waals surface area contributed by atoms with Gasteiger partial charge in [0.1, 0.15) is 19.0 Å². The lowest BCUT2D eigenvalue weighted by Crippen LogP contribution is -2.39. The fraction of sp³-hybridized carbons (Fsp3) is 0.500. The molecule has 4 aliphatic heterocycles. The van der Waals surface area contributed by atoms with Gasteiger partial charge in [-0.1, -0.05) is 23.3 Å². The second-order valence-corrected chi connectivity index (χ2v) is 18.7. The molecule has 0 bridgehead atoms. The van der Waals surface area contributed by atoms with Gasteiger partial charge in [-0.2, -0.15) is 0 Å². The zero-order valence-corrected chi connectivity index (χ0v) is 44.0. The van der Waals surface area contributed by atoms with E-state index in [1.807, 2.05) is 61.3 Å². The number of methoxy groups -OCH3 is 3. The Morgan fingerprint density at radius 2 is 1.14 bits per heavy atom. The monoisotopic (exact) mass is 1020 g/mol. The van der Waals surface area contributed by atoms with Crippen LogP contribution in [0.25, 0.3) is 0 Å². The molecule has 0 aromatic heterocycles. The largest absolute Gasteiger partial charge is 0.493 e. The molecule has 0 unspecified atom stereocenters. The highest BCUT2D eigenvalue weighted by Crippen LogP contribution is 2.41. The molecule has 3 aromatic rings. The van der Waals surface area contributed by atoms with Crippen LogP contribution in [-0.4, -0.2) is 170 Å². The van der Waals surface area contributed by atoms with Crippen LogP contribution < -0.4 is 23.8 Å². The third-order valence-electron chi connectivity index (χ3n) is 13.5. The molecule has 0 saturated carbocycles. The third kappa shape index (κ3) is 14.4. The van der Waals surface area contributed by atoms with Gasteiger partial charge >= 0.3 is 0 Å². The average molecular weight is 1020 g/mol. The van der Waals surface area contributed by atoms with E-state index >= 15 is 0 Å². The van der Waals surface area contributed by atoms with Crippen molar-refractivity contribution in [3.63, 3.8) is 0 Å². The summed E-state index contributed by atoms with van der Waals surface area (Å²) in [6, 6.07) is 12.7. The van der Waals surface area contributed by atoms with Crippen molar-refractivity contribution in [2.45, 2.75) is 78.2 Å². The average Bonchev–Trinajstić information content (AvgIpc) is 3.98. The Bertz CT molecular complexity index is 2460. The predicted octanol–water partition coefficient (Wildman–Crippen LogP) is 7.34. The van der Waals surface area contributed by atoms with Crippen LogP contribution in [0.4, 0.5) is 17.1 Å². The van der Waals surface area contributed by atoms with Crippen molar-refractivity contribution >= 4 is 53.0 Å². The van der Waals surface area contributed by atoms with E-state index < -0.39 is 0 Å². The first-order chi connectivity index (χ1) is 35.9. The van der Waals surface area contributed by atoms with Crippen molar-refractivity contribution in [3.8, 4) is 23.0 Å². The number of amides is 3. The Balaban J connectivity index is 1.08. The van der Waals surface area contributed by atoms with E-state index in [0.717, 1.165) is 29.7 Å². The van der Waals surface area contributed by atoms with Crippen molar-refractivity contribution in [1.29, 1.82) is 0 Å². The molecule has 0 N–H and O–H groups in total. The molecule has 74 heavy (non-hydrogen) atoms. The molecule has 0 aliphatic carbocycles. The molecule has 2 atom stereocenters. The van der Waals surface area contributed by atoms with E-state index in [-0.39, 0.29) is 61.8 Å². The maximum atomic E-state index is 13.8. The lowest BCUT2D eigenvalue weighted by atomic mass is 10.1. The van der Waals surface area contributed by atoms with E-state index in [1.165, 1.54) is 11.1 Å². The Hall–Kier alpha value is -6.60. The number of likely N-dealkylation sites (N-methyl/N-ethyl adjacent to an activating group) is 1. The topological polar surface area (TPSA) is 180 Å². The van der Waals surface area contributed by atoms with Crippen molar-refractivity contribution in [2.75, 3.05) is 112 Å². The maximum Gasteiger partial charge on any atom is 0.257 e. The van der Waals surface area contributed by atoms with Crippen LogP contribution in [0.3, 0.4) is 0 Å². The summed E-state index contributed by atoms with van der Waals surface area (Å²) < 4.78 is 46.3. The van der Waals surface area contributed by atoms with Gasteiger partial charge in [0.15, 0.2) is 23.0 Å². The zero-order chi connectivity index (χ0) is 52.6. The summed E-state index contributed by atoms with van der Waals surface area (Å²) in [5, 5.41) is 0. The van der Waals surface area contributed by atoms with E-state index in [9.17, 15) is 19.2 Å². The number of rotatable bonds is 28. The first kappa shape index (κ1) is 55.2. The number of benzene rings is 3. The number of allylic oxidation sites excluding steroid dienone is 2. The molecule has 2 saturated heterocycles. The fourth-order valence-corrected chi connectivity index (χ4v) is 9.26. The van der Waals surface area contributed by atoms with E-state index in [2.05, 4.69) is 17.1 Å². The minimum absolute atomic E-state index is 0.0668. The number of fused-ring (bicyclic) bond motifs is 4. The second-order valence-electron chi connectivity index (χ2n) is 18.7. The van der Waals surface area contributed by atoms with Crippen molar-refractivity contribution in [2.24, 2.45) is 9.98 Å². The molecular weight excluding hydrogens is 949 g/mol. The normalized spacial score (nSPS) is 17.7. The molecule has 7 rings (SSSR count). The Morgan fingerprint density at radius 3 is 1.61 bits per heavy atom. The summed E-state index contributed by atoms with van der Waals surface area (Å²) in [6.45, 7) is 11.1. The molecule has 0 radical (unpaired) electrons. The number of ketones is 1. The van der Waals surface area contributed by atoms with Gasteiger partial charge in [0.05, 0.1) is 101 Å². The van der Waals surface area contributed by atoms with Gasteiger partial charge in [0.2, 0.25) is 5.91 Å². The number of anilines is 1. The number of carbonyl (C=O) groups is 4. The zero-order valence-electron chi connectivity index (χ0n) is 44.0. The van der Waals surface area contributed by atoms with Gasteiger partial charge in [0.25, 0.3) is 11.8 Å². The van der Waals surface area contributed by atoms with E-state index in [4.69, 9.17) is 47.9 Å². The summed E-state index contributed by atoms with van der Waals surface area (Å²) in [5.41, 5.74) is 6.75. The van der Waals surface area contributed by atoms with Crippen LogP contribution in [0.5, 0.6) is 23.0 Å². The van der Waals surface area contributed by atoms with Gasteiger partial charge in [-0.15, -0.1) is 0 Å². The third-order valence-corrected chi connectivity index (χ3v) is 13.5. The van der Waals surface area contributed by atoms with Crippen LogP contribution in [0.2, 0.25) is 0 Å². The molecule has 0 spiro atoms. The smallest absolute Gasteiger partial charge is 0.257 e. The molecule has 2 fully saturated rings. The van der Waals surface area contributed by atoms with Gasteiger partial charge in [0, 0.05) is 83.6 Å². The molecule has 4 heterocycles. The van der Waals surface area contributed by atoms with Gasteiger partial charge in [-0.05, 0) is 81.5 Å². The van der Waals surface area contributed by atoms with Crippen LogP contribution in [0, 0.1) is 0 Å². The van der Waals surface area contributed by atoms with Crippen LogP contribution >= 0.6 is 0 Å². The number of ether oxygens (including phenoxy) is 8. The minimum atomic E-state index is -0.124. The summed E-state index contributed by atoms with van der Waals surface area (Å²) >= 11 is 0. The van der Waals surface area contributed by atoms with Gasteiger partial charge < -0.3 is 62.3 Å². The first-order valence-corrected chi connectivity index (χ1v) is 25.4. The fourth-order valence-electron chi connectivity index (χ4n) is 9.26. The summed E-state index contributed by atoms with van der Waals surface area (Å²) in [5.74, 6) is 1.44. The number of aliphatic imine (C=N–C) groups is 2. The van der Waals surface area contributed by atoms with Crippen LogP contribution in [-0.2, 0) is 41.8 Å². The lowest BCUT2D eigenvalue weighted by molar-refractivity contribution is -0.132. The number of nitrogens with zero attached hydrogens (tertiary/aromatic N) is 6. The molecule has 398 valence electrons. The van der Waals surface area contributed by atoms with E-state index in [1.54, 1.807) is 57.4 Å². The van der Waals surface area contributed by atoms with E-state index in [0.29, 0.717) is 131 Å². The van der Waals surface area contributed by atoms with Crippen LogP contribution in [0.15, 0.2) is 75.7 Å². The Morgan fingerprint density at radius 1 is 0.635 bits per heavy atom. The Kier molecular flexibility index (Phi) is 20.2. The summed E-state index contributed by atoms with van der Waals surface area (Å²) in [7, 11) is 6.67. The van der Waals surface area contributed by atoms with Gasteiger partial charge in [-0.3, -0.25) is 24.4 Å². The summed E-state index contributed by atoms with van der Waals surface area (Å²) in [4.78, 5) is 70.2. The highest BCUT2D eigenvalue weighted by molar-refractivity contribution is 6.05. The molecular formula is C56H72N6O12. The van der Waals surface area contributed by atoms with Crippen molar-refractivity contribution in [3.05, 3.63) is 88.0 Å². The van der Waals surface area contributed by atoms with Crippen LogP contribution in [0.1, 0.15) is 84.7 Å². The highest BCUT2D eigenvalue weighted by atomic mass is 16.6. The quantitative estimate of drug-likeness (QED) is 0.0522. The maximum absolute atomic E-state index is 13.8. The lowest BCUT2D eigenvalue weighted by Gasteiger charge is -2.27.